The van der Waals surface area contributed by atoms with Crippen molar-refractivity contribution in [1.82, 2.24) is 20.3 Å². The van der Waals surface area contributed by atoms with E-state index >= 15 is 0 Å². The van der Waals surface area contributed by atoms with Crippen LogP contribution in [0.1, 0.15) is 22.1 Å². The summed E-state index contributed by atoms with van der Waals surface area (Å²) in [5.74, 6) is 0.369. The van der Waals surface area contributed by atoms with Gasteiger partial charge in [-0.15, -0.1) is 5.10 Å². The fourth-order valence-corrected chi connectivity index (χ4v) is 4.49. The predicted octanol–water partition coefficient (Wildman–Crippen LogP) is 2.34. The summed E-state index contributed by atoms with van der Waals surface area (Å²) in [6.07, 6.45) is 1.50. The lowest BCUT2D eigenvalue weighted by atomic mass is 10.1. The third kappa shape index (κ3) is 5.26. The van der Waals surface area contributed by atoms with Gasteiger partial charge in [-0.25, -0.2) is 9.48 Å². The first-order chi connectivity index (χ1) is 17.1. The van der Waals surface area contributed by atoms with Gasteiger partial charge in [0.05, 0.1) is 38.1 Å². The number of carbonyl (C=O) groups excluding carboxylic acids is 1. The Labute approximate surface area is 207 Å². The van der Waals surface area contributed by atoms with E-state index in [2.05, 4.69) is 20.9 Å². The minimum atomic E-state index is -0.409. The predicted molar refractivity (Wildman–Crippen MR) is 130 cm³/mol. The van der Waals surface area contributed by atoms with E-state index in [0.717, 1.165) is 11.4 Å². The molecule has 0 bridgehead atoms. The lowest BCUT2D eigenvalue weighted by Crippen LogP contribution is -2.45. The summed E-state index contributed by atoms with van der Waals surface area (Å²) in [5, 5.41) is 15.3. The Hall–Kier alpha value is -3.54. The Balaban J connectivity index is 1.15. The van der Waals surface area contributed by atoms with Crippen LogP contribution >= 0.6 is 12.2 Å². The lowest BCUT2D eigenvalue weighted by molar-refractivity contribution is 0.0600. The minimum Gasteiger partial charge on any atom is -0.487 e. The number of carbonyl (C=O) groups is 1. The second-order valence-electron chi connectivity index (χ2n) is 8.23. The zero-order chi connectivity index (χ0) is 24.2. The van der Waals surface area contributed by atoms with Crippen molar-refractivity contribution in [3.05, 3.63) is 72.1 Å². The summed E-state index contributed by atoms with van der Waals surface area (Å²) in [4.78, 5) is 11.8. The molecule has 0 spiro atoms. The van der Waals surface area contributed by atoms with Crippen molar-refractivity contribution in [1.29, 1.82) is 0 Å². The van der Waals surface area contributed by atoms with Crippen LogP contribution in [0.5, 0.6) is 5.75 Å². The molecule has 2 aliphatic heterocycles. The highest BCUT2D eigenvalue weighted by molar-refractivity contribution is 7.80. The zero-order valence-corrected chi connectivity index (χ0v) is 19.8. The summed E-state index contributed by atoms with van der Waals surface area (Å²) in [6.45, 7) is 1.22. The molecule has 0 aliphatic carbocycles. The molecule has 2 aromatic carbocycles. The standard InChI is InChI=1S/C24H25N5O5S/c1-31-23(30)15-6-5-7-16(10-15)25-24(35)26-19-13-33-22-20(14-34-21(19)22)29-11-17(27-28-29)12-32-18-8-3-2-4-9-18/h2-11,19-22H,12-14H2,1H3,(H2,25,26,35)/t19-,20+,21-,22+/m1/s1. The summed E-state index contributed by atoms with van der Waals surface area (Å²) in [7, 11) is 1.35. The van der Waals surface area contributed by atoms with E-state index in [-0.39, 0.29) is 24.3 Å². The number of ether oxygens (including phenoxy) is 4. The molecule has 0 unspecified atom stereocenters. The molecule has 0 saturated carbocycles. The zero-order valence-electron chi connectivity index (χ0n) is 19.0. The van der Waals surface area contributed by atoms with Crippen molar-refractivity contribution >= 4 is 29.0 Å². The molecular weight excluding hydrogens is 470 g/mol. The summed E-state index contributed by atoms with van der Waals surface area (Å²) >= 11 is 5.47. The van der Waals surface area contributed by atoms with Gasteiger partial charge in [0.1, 0.15) is 36.3 Å². The van der Waals surface area contributed by atoms with Gasteiger partial charge in [-0.2, -0.15) is 0 Å². The van der Waals surface area contributed by atoms with Crippen LogP contribution in [0.4, 0.5) is 5.69 Å². The molecule has 3 aromatic rings. The third-order valence-corrected chi connectivity index (χ3v) is 6.13. The number of nitrogens with zero attached hydrogens (tertiary/aromatic N) is 3. The highest BCUT2D eigenvalue weighted by Crippen LogP contribution is 2.34. The fourth-order valence-electron chi connectivity index (χ4n) is 4.22. The summed E-state index contributed by atoms with van der Waals surface area (Å²) in [6, 6.07) is 16.3. The first-order valence-corrected chi connectivity index (χ1v) is 11.6. The van der Waals surface area contributed by atoms with Crippen molar-refractivity contribution in [2.24, 2.45) is 0 Å². The van der Waals surface area contributed by atoms with E-state index < -0.39 is 5.97 Å². The number of hydrogen-bond acceptors (Lipinski definition) is 8. The van der Waals surface area contributed by atoms with Crippen LogP contribution in [0.25, 0.3) is 0 Å². The number of rotatable bonds is 7. The molecule has 10 nitrogen and oxygen atoms in total. The number of fused-ring (bicyclic) bond motifs is 1. The van der Waals surface area contributed by atoms with Crippen LogP contribution in [0.15, 0.2) is 60.8 Å². The maximum absolute atomic E-state index is 11.8. The number of benzene rings is 2. The molecule has 1 aromatic heterocycles. The molecule has 5 rings (SSSR count). The SMILES string of the molecule is COC(=O)c1cccc(NC(=S)N[C@@H]2CO[C@@H]3[C@@H]2OC[C@@H]3n2cc(COc3ccccc3)nn2)c1. The lowest BCUT2D eigenvalue weighted by Gasteiger charge is -2.20. The normalized spacial score (nSPS) is 22.9. The number of nitrogens with one attached hydrogen (secondary N) is 2. The number of methoxy groups -OCH3 is 1. The molecular formula is C24H25N5O5S. The second-order valence-corrected chi connectivity index (χ2v) is 8.64. The number of aromatic nitrogens is 3. The Morgan fingerprint density at radius 3 is 2.80 bits per heavy atom. The number of anilines is 1. The van der Waals surface area contributed by atoms with Gasteiger partial charge in [0.2, 0.25) is 0 Å². The molecule has 2 saturated heterocycles. The smallest absolute Gasteiger partial charge is 0.337 e. The van der Waals surface area contributed by atoms with Crippen molar-refractivity contribution in [2.75, 3.05) is 25.6 Å². The van der Waals surface area contributed by atoms with E-state index in [1.54, 1.807) is 22.9 Å². The van der Waals surface area contributed by atoms with Crippen LogP contribution < -0.4 is 15.4 Å². The Morgan fingerprint density at radius 2 is 1.97 bits per heavy atom. The first kappa shape index (κ1) is 23.2. The average Bonchev–Trinajstić information content (AvgIpc) is 3.61. The van der Waals surface area contributed by atoms with Crippen LogP contribution in [0.2, 0.25) is 0 Å². The molecule has 2 N–H and O–H groups in total. The molecule has 2 fully saturated rings. The van der Waals surface area contributed by atoms with E-state index in [1.807, 2.05) is 42.6 Å². The Morgan fingerprint density at radius 1 is 1.14 bits per heavy atom. The van der Waals surface area contributed by atoms with Gasteiger partial charge in [-0.05, 0) is 42.5 Å². The van der Waals surface area contributed by atoms with Crippen LogP contribution in [0, 0.1) is 0 Å². The Kier molecular flexibility index (Phi) is 6.89. The Bertz CT molecular complexity index is 1190. The van der Waals surface area contributed by atoms with Gasteiger partial charge in [0.25, 0.3) is 0 Å². The number of thiocarbonyl (C=S) groups is 1. The van der Waals surface area contributed by atoms with Crippen LogP contribution in [-0.2, 0) is 20.8 Å². The van der Waals surface area contributed by atoms with Crippen molar-refractivity contribution in [3.63, 3.8) is 0 Å². The van der Waals surface area contributed by atoms with Crippen molar-refractivity contribution < 1.29 is 23.7 Å². The monoisotopic (exact) mass is 495 g/mol. The maximum atomic E-state index is 11.8. The first-order valence-electron chi connectivity index (χ1n) is 11.2. The largest absolute Gasteiger partial charge is 0.487 e. The van der Waals surface area contributed by atoms with Gasteiger partial charge in [-0.3, -0.25) is 0 Å². The number of para-hydroxylation sites is 1. The molecule has 182 valence electrons. The summed E-state index contributed by atoms with van der Waals surface area (Å²) in [5.41, 5.74) is 1.84. The second kappa shape index (κ2) is 10.4. The highest BCUT2D eigenvalue weighted by Gasteiger charge is 2.49. The molecule has 0 amide bonds. The number of esters is 1. The van der Waals surface area contributed by atoms with Gasteiger partial charge in [-0.1, -0.05) is 29.5 Å². The quantitative estimate of drug-likeness (QED) is 0.374. The van der Waals surface area contributed by atoms with Gasteiger partial charge in [0, 0.05) is 5.69 Å². The maximum Gasteiger partial charge on any atom is 0.337 e. The van der Waals surface area contributed by atoms with Crippen molar-refractivity contribution in [3.8, 4) is 5.75 Å². The molecule has 3 heterocycles. The number of hydrogen-bond donors (Lipinski definition) is 2. The van der Waals surface area contributed by atoms with E-state index in [1.165, 1.54) is 7.11 Å². The average molecular weight is 496 g/mol. The molecule has 0 radical (unpaired) electrons. The molecule has 4 atom stereocenters. The molecule has 2 aliphatic rings. The molecule has 35 heavy (non-hydrogen) atoms. The van der Waals surface area contributed by atoms with E-state index in [0.29, 0.717) is 36.2 Å². The third-order valence-electron chi connectivity index (χ3n) is 5.91. The summed E-state index contributed by atoms with van der Waals surface area (Å²) < 4.78 is 24.4. The fraction of sp³-hybridized carbons (Fsp3) is 0.333. The van der Waals surface area contributed by atoms with Gasteiger partial charge in [0.15, 0.2) is 5.11 Å². The molecule has 11 heteroatoms. The van der Waals surface area contributed by atoms with Crippen LogP contribution in [0.3, 0.4) is 0 Å². The van der Waals surface area contributed by atoms with Gasteiger partial charge < -0.3 is 29.6 Å². The van der Waals surface area contributed by atoms with Crippen LogP contribution in [-0.4, -0.2) is 64.6 Å². The van der Waals surface area contributed by atoms with E-state index in [4.69, 9.17) is 31.2 Å². The minimum absolute atomic E-state index is 0.0944. The van der Waals surface area contributed by atoms with E-state index in [9.17, 15) is 4.79 Å². The highest BCUT2D eigenvalue weighted by atomic mass is 32.1. The van der Waals surface area contributed by atoms with Gasteiger partial charge >= 0.3 is 5.97 Å². The topological polar surface area (TPSA) is 109 Å². The van der Waals surface area contributed by atoms with Crippen molar-refractivity contribution in [2.45, 2.75) is 30.9 Å².